The molecule has 1 aromatic carbocycles. The Balaban J connectivity index is 2.84. The van der Waals surface area contributed by atoms with Gasteiger partial charge in [0.15, 0.2) is 0 Å². The topological polar surface area (TPSA) is 55.4 Å². The summed E-state index contributed by atoms with van der Waals surface area (Å²) in [7, 11) is 0. The van der Waals surface area contributed by atoms with Gasteiger partial charge in [0.05, 0.1) is 5.56 Å². The molecule has 1 amide bonds. The van der Waals surface area contributed by atoms with Crippen molar-refractivity contribution in [2.24, 2.45) is 0 Å². The molecule has 0 saturated heterocycles. The van der Waals surface area contributed by atoms with Crippen LogP contribution in [0.2, 0.25) is 0 Å². The number of ether oxygens (including phenoxy) is 1. The van der Waals surface area contributed by atoms with Gasteiger partial charge in [-0.2, -0.15) is 26.3 Å². The molecule has 0 heterocycles. The Hall–Kier alpha value is -2.26. The molecule has 0 aromatic heterocycles. The Bertz CT molecular complexity index is 642. The highest BCUT2D eigenvalue weighted by atomic mass is 19.4. The van der Waals surface area contributed by atoms with Crippen molar-refractivity contribution in [1.82, 2.24) is 5.32 Å². The molecule has 1 N–H and O–H groups in total. The largest absolute Gasteiger partial charge is 0.448 e. The number of rotatable bonds is 8. The van der Waals surface area contributed by atoms with Crippen LogP contribution in [-0.4, -0.2) is 24.6 Å². The van der Waals surface area contributed by atoms with Crippen LogP contribution >= 0.6 is 0 Å². The fourth-order valence-corrected chi connectivity index (χ4v) is 2.23. The van der Waals surface area contributed by atoms with E-state index in [2.05, 4.69) is 10.1 Å². The molecule has 1 aromatic rings. The summed E-state index contributed by atoms with van der Waals surface area (Å²) in [5, 5.41) is 2.52. The van der Waals surface area contributed by atoms with E-state index in [4.69, 9.17) is 0 Å². The molecule has 0 spiro atoms. The molecule has 0 aliphatic carbocycles. The van der Waals surface area contributed by atoms with Gasteiger partial charge in [-0.25, -0.2) is 0 Å². The summed E-state index contributed by atoms with van der Waals surface area (Å²) in [5.41, 5.74) is -2.72. The van der Waals surface area contributed by atoms with Crippen LogP contribution in [-0.2, 0) is 20.5 Å². The molecule has 0 bridgehead atoms. The second-order valence-electron chi connectivity index (χ2n) is 5.70. The number of hydrogen-bond donors (Lipinski definition) is 1. The Morgan fingerprint density at radius 2 is 1.70 bits per heavy atom. The van der Waals surface area contributed by atoms with Gasteiger partial charge in [0.2, 0.25) is 12.0 Å². The van der Waals surface area contributed by atoms with Crippen LogP contribution < -0.4 is 5.32 Å². The summed E-state index contributed by atoms with van der Waals surface area (Å²) < 4.78 is 82.9. The van der Waals surface area contributed by atoms with Crippen molar-refractivity contribution in [1.29, 1.82) is 0 Å². The number of carbonyl (C=O) groups excluding carboxylic acids is 2. The van der Waals surface area contributed by atoms with E-state index in [1.165, 1.54) is 0 Å². The number of benzene rings is 1. The molecule has 27 heavy (non-hydrogen) atoms. The number of nitrogens with one attached hydrogen (secondary N) is 1. The first-order valence-electron chi connectivity index (χ1n) is 8.15. The lowest BCUT2D eigenvalue weighted by Gasteiger charge is -2.24. The SMILES string of the molecule is CCCNC(=O)CCCC(=O)OC(c1ccccc1C(F)(F)F)C(F)(F)F. The van der Waals surface area contributed by atoms with E-state index in [0.717, 1.165) is 12.1 Å². The predicted octanol–water partition coefficient (Wildman–Crippen LogP) is 4.55. The smallest absolute Gasteiger partial charge is 0.429 e. The fourth-order valence-electron chi connectivity index (χ4n) is 2.23. The first kappa shape index (κ1) is 22.8. The van der Waals surface area contributed by atoms with E-state index in [0.29, 0.717) is 25.1 Å². The Morgan fingerprint density at radius 3 is 2.26 bits per heavy atom. The molecule has 152 valence electrons. The van der Waals surface area contributed by atoms with E-state index in [1.54, 1.807) is 0 Å². The summed E-state index contributed by atoms with van der Waals surface area (Å²) in [4.78, 5) is 23.1. The number of hydrogen-bond acceptors (Lipinski definition) is 3. The molecule has 10 heteroatoms. The highest BCUT2D eigenvalue weighted by molar-refractivity contribution is 5.77. The normalized spacial score (nSPS) is 13.1. The zero-order valence-corrected chi connectivity index (χ0v) is 14.4. The monoisotopic (exact) mass is 399 g/mol. The van der Waals surface area contributed by atoms with Gasteiger partial charge < -0.3 is 10.1 Å². The lowest BCUT2D eigenvalue weighted by atomic mass is 10.0. The minimum atomic E-state index is -5.23. The first-order chi connectivity index (χ1) is 12.5. The van der Waals surface area contributed by atoms with Crippen molar-refractivity contribution in [3.63, 3.8) is 0 Å². The fraction of sp³-hybridized carbons (Fsp3) is 0.529. The second-order valence-corrected chi connectivity index (χ2v) is 5.70. The molecular weight excluding hydrogens is 380 g/mol. The van der Waals surface area contributed by atoms with Crippen LogP contribution in [0.15, 0.2) is 24.3 Å². The summed E-state index contributed by atoms with van der Waals surface area (Å²) >= 11 is 0. The summed E-state index contributed by atoms with van der Waals surface area (Å²) in [6.07, 6.45) is -13.3. The van der Waals surface area contributed by atoms with Crippen molar-refractivity contribution >= 4 is 11.9 Å². The molecule has 1 rings (SSSR count). The summed E-state index contributed by atoms with van der Waals surface area (Å²) in [6.45, 7) is 2.25. The van der Waals surface area contributed by atoms with Crippen LogP contribution in [0.5, 0.6) is 0 Å². The van der Waals surface area contributed by atoms with Crippen molar-refractivity contribution < 1.29 is 40.7 Å². The third-order valence-corrected chi connectivity index (χ3v) is 3.45. The molecular formula is C17H19F6NO3. The molecule has 0 fully saturated rings. The van der Waals surface area contributed by atoms with Gasteiger partial charge in [-0.1, -0.05) is 25.1 Å². The van der Waals surface area contributed by atoms with Gasteiger partial charge in [0, 0.05) is 24.9 Å². The van der Waals surface area contributed by atoms with E-state index in [-0.39, 0.29) is 18.7 Å². The molecule has 1 unspecified atom stereocenters. The summed E-state index contributed by atoms with van der Waals surface area (Å²) in [5.74, 6) is -1.71. The third-order valence-electron chi connectivity index (χ3n) is 3.45. The van der Waals surface area contributed by atoms with Crippen LogP contribution in [0.3, 0.4) is 0 Å². The number of esters is 1. The lowest BCUT2D eigenvalue weighted by Crippen LogP contribution is -2.28. The van der Waals surface area contributed by atoms with E-state index < -0.39 is 42.0 Å². The molecule has 4 nitrogen and oxygen atoms in total. The van der Waals surface area contributed by atoms with Gasteiger partial charge in [0.25, 0.3) is 0 Å². The van der Waals surface area contributed by atoms with Crippen molar-refractivity contribution in [3.8, 4) is 0 Å². The standard InChI is InChI=1S/C17H19F6NO3/c1-2-10-24-13(25)8-5-9-14(26)27-15(17(21,22)23)11-6-3-4-7-12(11)16(18,19)20/h3-4,6-7,15H,2,5,8-10H2,1H3,(H,24,25). The predicted molar refractivity (Wildman–Crippen MR) is 83.5 cm³/mol. The summed E-state index contributed by atoms with van der Waals surface area (Å²) in [6, 6.07) is 3.04. The van der Waals surface area contributed by atoms with Gasteiger partial charge >= 0.3 is 18.3 Å². The highest BCUT2D eigenvalue weighted by Gasteiger charge is 2.48. The molecule has 0 radical (unpaired) electrons. The quantitative estimate of drug-likeness (QED) is 0.516. The van der Waals surface area contributed by atoms with Crippen LogP contribution in [0.25, 0.3) is 0 Å². The zero-order valence-electron chi connectivity index (χ0n) is 14.4. The average Bonchev–Trinajstić information content (AvgIpc) is 2.56. The van der Waals surface area contributed by atoms with E-state index >= 15 is 0 Å². The molecule has 0 aliphatic rings. The molecule has 0 aliphatic heterocycles. The van der Waals surface area contributed by atoms with Crippen LogP contribution in [0.4, 0.5) is 26.3 Å². The Labute approximate surface area is 151 Å². The van der Waals surface area contributed by atoms with Crippen LogP contribution in [0.1, 0.15) is 49.8 Å². The molecule has 1 atom stereocenters. The molecule has 0 saturated carbocycles. The highest BCUT2D eigenvalue weighted by Crippen LogP contribution is 2.42. The minimum absolute atomic E-state index is 0.0835. The van der Waals surface area contributed by atoms with Gasteiger partial charge in [-0.15, -0.1) is 0 Å². The number of halogens is 6. The van der Waals surface area contributed by atoms with Crippen molar-refractivity contribution in [2.45, 2.75) is 51.1 Å². The number of amides is 1. The first-order valence-corrected chi connectivity index (χ1v) is 8.15. The van der Waals surface area contributed by atoms with Crippen LogP contribution in [0, 0.1) is 0 Å². The Morgan fingerprint density at radius 1 is 1.07 bits per heavy atom. The second kappa shape index (κ2) is 9.61. The maximum absolute atomic E-state index is 13.2. The maximum Gasteiger partial charge on any atom is 0.429 e. The van der Waals surface area contributed by atoms with E-state index in [1.807, 2.05) is 6.92 Å². The Kier molecular flexibility index (Phi) is 8.11. The third kappa shape index (κ3) is 7.48. The number of carbonyl (C=O) groups is 2. The number of alkyl halides is 6. The van der Waals surface area contributed by atoms with E-state index in [9.17, 15) is 35.9 Å². The average molecular weight is 399 g/mol. The van der Waals surface area contributed by atoms with Gasteiger partial charge in [-0.05, 0) is 18.9 Å². The van der Waals surface area contributed by atoms with Crippen molar-refractivity contribution in [2.75, 3.05) is 6.54 Å². The maximum atomic E-state index is 13.2. The lowest BCUT2D eigenvalue weighted by molar-refractivity contribution is -0.226. The van der Waals surface area contributed by atoms with Crippen molar-refractivity contribution in [3.05, 3.63) is 35.4 Å². The minimum Gasteiger partial charge on any atom is -0.448 e. The van der Waals surface area contributed by atoms with Gasteiger partial charge in [0.1, 0.15) is 0 Å². The van der Waals surface area contributed by atoms with Gasteiger partial charge in [-0.3, -0.25) is 9.59 Å². The zero-order chi connectivity index (χ0) is 20.7.